The van der Waals surface area contributed by atoms with Gasteiger partial charge in [0.05, 0.1) is 29.5 Å². The summed E-state index contributed by atoms with van der Waals surface area (Å²) in [6, 6.07) is 8.95. The van der Waals surface area contributed by atoms with Crippen LogP contribution < -0.4 is 20.3 Å². The first kappa shape index (κ1) is 19.4. The fraction of sp³-hybridized carbons (Fsp3) is 0.286. The predicted octanol–water partition coefficient (Wildman–Crippen LogP) is 3.52. The Hall–Kier alpha value is -2.87. The molecule has 2 aromatic carbocycles. The third kappa shape index (κ3) is 3.98. The summed E-state index contributed by atoms with van der Waals surface area (Å²) in [5.41, 5.74) is 1.88. The van der Waals surface area contributed by atoms with Crippen molar-refractivity contribution in [3.63, 3.8) is 0 Å². The van der Waals surface area contributed by atoms with Crippen molar-refractivity contribution >= 4 is 38.4 Å². The van der Waals surface area contributed by atoms with Crippen molar-refractivity contribution < 1.29 is 14.3 Å². The van der Waals surface area contributed by atoms with Crippen LogP contribution in [0.15, 0.2) is 45.9 Å². The number of hydrogen-bond donors (Lipinski definition) is 1. The maximum Gasteiger partial charge on any atom is 0.261 e. The summed E-state index contributed by atoms with van der Waals surface area (Å²) in [6.45, 7) is 4.20. The average Bonchev–Trinajstić information content (AvgIpc) is 3.04. The van der Waals surface area contributed by atoms with Gasteiger partial charge in [-0.2, -0.15) is 0 Å². The van der Waals surface area contributed by atoms with Gasteiger partial charge in [0.25, 0.3) is 5.56 Å². The second-order valence-corrected chi connectivity index (χ2v) is 7.82. The minimum atomic E-state index is -0.352. The first-order chi connectivity index (χ1) is 13.9. The van der Waals surface area contributed by atoms with Crippen LogP contribution in [0.2, 0.25) is 0 Å². The number of fused-ring (bicyclic) bond motifs is 2. The Labute approximate surface area is 175 Å². The lowest BCUT2D eigenvalue weighted by atomic mass is 10.1. The summed E-state index contributed by atoms with van der Waals surface area (Å²) in [5, 5.41) is 3.28. The maximum absolute atomic E-state index is 12.7. The van der Waals surface area contributed by atoms with Crippen LogP contribution in [0.25, 0.3) is 10.9 Å². The Bertz CT molecular complexity index is 1160. The summed E-state index contributed by atoms with van der Waals surface area (Å²) < 4.78 is 13.5. The summed E-state index contributed by atoms with van der Waals surface area (Å²) in [7, 11) is 0. The molecule has 7 nitrogen and oxygen atoms in total. The summed E-state index contributed by atoms with van der Waals surface area (Å²) in [6.07, 6.45) is 2.28. The number of aromatic nitrogens is 2. The van der Waals surface area contributed by atoms with Gasteiger partial charge in [-0.05, 0) is 38.1 Å². The minimum absolute atomic E-state index is 0.0898. The fourth-order valence-corrected chi connectivity index (χ4v) is 3.76. The van der Waals surface area contributed by atoms with Crippen molar-refractivity contribution in [1.82, 2.24) is 9.55 Å². The zero-order valence-electron chi connectivity index (χ0n) is 16.1. The van der Waals surface area contributed by atoms with E-state index in [4.69, 9.17) is 9.47 Å². The van der Waals surface area contributed by atoms with Gasteiger partial charge in [-0.1, -0.05) is 15.9 Å². The molecule has 0 aliphatic carbocycles. The van der Waals surface area contributed by atoms with Gasteiger partial charge in [0.2, 0.25) is 5.91 Å². The van der Waals surface area contributed by atoms with Crippen LogP contribution in [0.3, 0.4) is 0 Å². The van der Waals surface area contributed by atoms with Gasteiger partial charge < -0.3 is 14.8 Å². The summed E-state index contributed by atoms with van der Waals surface area (Å²) >= 11 is 3.36. The first-order valence-corrected chi connectivity index (χ1v) is 10.1. The maximum atomic E-state index is 12.7. The molecule has 0 spiro atoms. The van der Waals surface area contributed by atoms with Gasteiger partial charge in [-0.25, -0.2) is 4.98 Å². The number of carbonyl (C=O) groups excluding carboxylic acids is 1. The smallest absolute Gasteiger partial charge is 0.261 e. The van der Waals surface area contributed by atoms with E-state index in [9.17, 15) is 9.59 Å². The van der Waals surface area contributed by atoms with Crippen LogP contribution >= 0.6 is 15.9 Å². The molecule has 29 heavy (non-hydrogen) atoms. The van der Waals surface area contributed by atoms with E-state index in [2.05, 4.69) is 26.2 Å². The van der Waals surface area contributed by atoms with Gasteiger partial charge in [-0.3, -0.25) is 14.2 Å². The highest BCUT2D eigenvalue weighted by Gasteiger charge is 2.22. The summed E-state index contributed by atoms with van der Waals surface area (Å²) in [5.74, 6) is 0.978. The number of rotatable bonds is 5. The molecule has 1 aliphatic rings. The van der Waals surface area contributed by atoms with Crippen molar-refractivity contribution in [3.05, 3.63) is 57.0 Å². The van der Waals surface area contributed by atoms with Gasteiger partial charge in [0.1, 0.15) is 24.1 Å². The number of nitrogens with one attached hydrogen (secondary N) is 1. The SMILES string of the molecule is CCOc1cc2c(cc1NC(=O)Cn1cnc3ccc(Br)cc3c1=O)O[C@@H](C)C2. The third-order valence-electron chi connectivity index (χ3n) is 4.67. The van der Waals surface area contributed by atoms with Crippen LogP contribution in [0.1, 0.15) is 19.4 Å². The second kappa shape index (κ2) is 7.87. The topological polar surface area (TPSA) is 82.5 Å². The number of amides is 1. The van der Waals surface area contributed by atoms with Crippen molar-refractivity contribution in [3.8, 4) is 11.5 Å². The lowest BCUT2D eigenvalue weighted by Gasteiger charge is -2.14. The van der Waals surface area contributed by atoms with Crippen molar-refractivity contribution in [2.75, 3.05) is 11.9 Å². The number of halogens is 1. The number of ether oxygens (including phenoxy) is 2. The lowest BCUT2D eigenvalue weighted by Crippen LogP contribution is -2.28. The van der Waals surface area contributed by atoms with E-state index >= 15 is 0 Å². The van der Waals surface area contributed by atoms with E-state index in [1.54, 1.807) is 18.2 Å². The first-order valence-electron chi connectivity index (χ1n) is 9.35. The Kier molecular flexibility index (Phi) is 5.27. The highest BCUT2D eigenvalue weighted by atomic mass is 79.9. The minimum Gasteiger partial charge on any atom is -0.492 e. The number of carbonyl (C=O) groups is 1. The van der Waals surface area contributed by atoms with Gasteiger partial charge in [-0.15, -0.1) is 0 Å². The predicted molar refractivity (Wildman–Crippen MR) is 114 cm³/mol. The van der Waals surface area contributed by atoms with Crippen molar-refractivity contribution in [2.24, 2.45) is 0 Å². The van der Waals surface area contributed by atoms with Crippen LogP contribution in [-0.4, -0.2) is 28.2 Å². The molecule has 1 aromatic heterocycles. The van der Waals surface area contributed by atoms with Crippen LogP contribution in [-0.2, 0) is 17.8 Å². The van der Waals surface area contributed by atoms with Gasteiger partial charge in [0, 0.05) is 22.5 Å². The molecule has 0 radical (unpaired) electrons. The normalized spacial score (nSPS) is 15.1. The highest BCUT2D eigenvalue weighted by Crippen LogP contribution is 2.38. The molecular formula is C21H20BrN3O4. The molecule has 1 N–H and O–H groups in total. The Morgan fingerprint density at radius 2 is 2.21 bits per heavy atom. The largest absolute Gasteiger partial charge is 0.492 e. The Morgan fingerprint density at radius 1 is 1.38 bits per heavy atom. The number of hydrogen-bond acceptors (Lipinski definition) is 5. The van der Waals surface area contributed by atoms with Crippen LogP contribution in [0, 0.1) is 0 Å². The van der Waals surface area contributed by atoms with E-state index in [0.29, 0.717) is 28.9 Å². The molecule has 0 bridgehead atoms. The number of benzene rings is 2. The molecule has 2 heterocycles. The Morgan fingerprint density at radius 3 is 3.00 bits per heavy atom. The highest BCUT2D eigenvalue weighted by molar-refractivity contribution is 9.10. The molecule has 0 fully saturated rings. The van der Waals surface area contributed by atoms with Gasteiger partial charge in [0.15, 0.2) is 0 Å². The van der Waals surface area contributed by atoms with E-state index in [1.807, 2.05) is 26.0 Å². The molecule has 1 amide bonds. The van der Waals surface area contributed by atoms with E-state index in [0.717, 1.165) is 22.2 Å². The third-order valence-corrected chi connectivity index (χ3v) is 5.17. The zero-order valence-corrected chi connectivity index (χ0v) is 17.7. The molecule has 0 saturated carbocycles. The monoisotopic (exact) mass is 457 g/mol. The molecule has 1 aliphatic heterocycles. The quantitative estimate of drug-likeness (QED) is 0.633. The van der Waals surface area contributed by atoms with Crippen LogP contribution in [0.5, 0.6) is 11.5 Å². The van der Waals surface area contributed by atoms with Gasteiger partial charge >= 0.3 is 0 Å². The second-order valence-electron chi connectivity index (χ2n) is 6.91. The van der Waals surface area contributed by atoms with Crippen LogP contribution in [0.4, 0.5) is 5.69 Å². The molecule has 4 rings (SSSR count). The lowest BCUT2D eigenvalue weighted by molar-refractivity contribution is -0.116. The molecular weight excluding hydrogens is 438 g/mol. The van der Waals surface area contributed by atoms with E-state index in [1.165, 1.54) is 10.9 Å². The summed E-state index contributed by atoms with van der Waals surface area (Å²) in [4.78, 5) is 29.6. The molecule has 8 heteroatoms. The average molecular weight is 458 g/mol. The molecule has 3 aromatic rings. The Balaban J connectivity index is 1.59. The molecule has 150 valence electrons. The van der Waals surface area contributed by atoms with E-state index in [-0.39, 0.29) is 24.1 Å². The molecule has 1 atom stereocenters. The molecule has 0 unspecified atom stereocenters. The molecule has 0 saturated heterocycles. The standard InChI is InChI=1S/C21H20BrN3O4/c1-3-28-19-7-13-6-12(2)29-18(13)9-17(19)24-20(26)10-25-11-23-16-5-4-14(22)8-15(16)21(25)27/h4-5,7-9,11-12H,3,6,10H2,1-2H3,(H,24,26)/t12-/m0/s1. The zero-order chi connectivity index (χ0) is 20.5. The van der Waals surface area contributed by atoms with Crippen molar-refractivity contribution in [2.45, 2.75) is 32.9 Å². The fourth-order valence-electron chi connectivity index (χ4n) is 3.40. The van der Waals surface area contributed by atoms with E-state index < -0.39 is 0 Å². The number of anilines is 1. The number of nitrogens with zero attached hydrogens (tertiary/aromatic N) is 2. The van der Waals surface area contributed by atoms with Crippen molar-refractivity contribution in [1.29, 1.82) is 0 Å².